The molecule has 1 fully saturated rings. The van der Waals surface area contributed by atoms with Gasteiger partial charge in [-0.1, -0.05) is 12.8 Å². The third kappa shape index (κ3) is 3.13. The number of nitrogens with one attached hydrogen (secondary N) is 1. The monoisotopic (exact) mass is 283 g/mol. The average molecular weight is 283 g/mol. The molecular weight excluding hydrogens is 262 g/mol. The molecule has 1 saturated carbocycles. The van der Waals surface area contributed by atoms with Gasteiger partial charge >= 0.3 is 0 Å². The molecule has 0 spiro atoms. The standard InChI is InChI=1S/C13H21N3O2S/c1-9-8-19-12(15-9)13(5-3-4-6-13)16-11(17)10(14)7-18-2/h8,10H,3-7,14H2,1-2H3,(H,16,17). The number of rotatable bonds is 5. The largest absolute Gasteiger partial charge is 0.383 e. The average Bonchev–Trinajstić information content (AvgIpc) is 2.99. The minimum atomic E-state index is -0.622. The van der Waals surface area contributed by atoms with Gasteiger partial charge in [-0.05, 0) is 19.8 Å². The summed E-state index contributed by atoms with van der Waals surface area (Å²) < 4.78 is 4.93. The molecule has 0 aliphatic heterocycles. The predicted molar refractivity (Wildman–Crippen MR) is 75.0 cm³/mol. The van der Waals surface area contributed by atoms with Crippen LogP contribution >= 0.6 is 11.3 Å². The Labute approximate surface area is 117 Å². The Morgan fingerprint density at radius 1 is 1.63 bits per heavy atom. The maximum absolute atomic E-state index is 12.1. The molecule has 0 radical (unpaired) electrons. The van der Waals surface area contributed by atoms with Gasteiger partial charge in [-0.25, -0.2) is 4.98 Å². The Kier molecular flexibility index (Phi) is 4.54. The van der Waals surface area contributed by atoms with E-state index < -0.39 is 6.04 Å². The van der Waals surface area contributed by atoms with Crippen LogP contribution in [0.25, 0.3) is 0 Å². The fourth-order valence-corrected chi connectivity index (χ4v) is 3.54. The Hall–Kier alpha value is -0.980. The lowest BCUT2D eigenvalue weighted by atomic mass is 9.98. The smallest absolute Gasteiger partial charge is 0.240 e. The molecule has 6 heteroatoms. The summed E-state index contributed by atoms with van der Waals surface area (Å²) >= 11 is 1.61. The molecule has 1 unspecified atom stereocenters. The zero-order valence-corrected chi connectivity index (χ0v) is 12.3. The van der Waals surface area contributed by atoms with Crippen LogP contribution in [0.2, 0.25) is 0 Å². The summed E-state index contributed by atoms with van der Waals surface area (Å²) in [6.45, 7) is 2.21. The van der Waals surface area contributed by atoms with E-state index in [0.29, 0.717) is 0 Å². The Bertz CT molecular complexity index is 441. The molecule has 106 valence electrons. The fourth-order valence-electron chi connectivity index (χ4n) is 2.53. The van der Waals surface area contributed by atoms with Crippen molar-refractivity contribution in [3.05, 3.63) is 16.1 Å². The molecule has 5 nitrogen and oxygen atoms in total. The van der Waals surface area contributed by atoms with E-state index >= 15 is 0 Å². The van der Waals surface area contributed by atoms with E-state index in [2.05, 4.69) is 10.3 Å². The van der Waals surface area contributed by atoms with Gasteiger partial charge in [0.05, 0.1) is 12.1 Å². The topological polar surface area (TPSA) is 77.2 Å². The van der Waals surface area contributed by atoms with Gasteiger partial charge in [-0.2, -0.15) is 0 Å². The Morgan fingerprint density at radius 2 is 2.32 bits per heavy atom. The van der Waals surface area contributed by atoms with Crippen molar-refractivity contribution in [1.82, 2.24) is 10.3 Å². The summed E-state index contributed by atoms with van der Waals surface area (Å²) in [4.78, 5) is 16.7. The van der Waals surface area contributed by atoms with Gasteiger partial charge in [0, 0.05) is 18.2 Å². The third-order valence-electron chi connectivity index (χ3n) is 3.53. The van der Waals surface area contributed by atoms with Crippen molar-refractivity contribution in [3.8, 4) is 0 Å². The molecule has 0 bridgehead atoms. The first-order valence-corrected chi connectivity index (χ1v) is 7.44. The van der Waals surface area contributed by atoms with Gasteiger partial charge < -0.3 is 15.8 Å². The van der Waals surface area contributed by atoms with E-state index in [1.165, 1.54) is 0 Å². The highest BCUT2D eigenvalue weighted by molar-refractivity contribution is 7.09. The van der Waals surface area contributed by atoms with Crippen molar-refractivity contribution in [2.45, 2.75) is 44.2 Å². The van der Waals surface area contributed by atoms with Crippen LogP contribution in [0.1, 0.15) is 36.4 Å². The molecule has 0 saturated heterocycles. The lowest BCUT2D eigenvalue weighted by Gasteiger charge is -2.29. The second-order valence-electron chi connectivity index (χ2n) is 5.13. The van der Waals surface area contributed by atoms with Gasteiger partial charge in [0.1, 0.15) is 11.0 Å². The van der Waals surface area contributed by atoms with E-state index in [4.69, 9.17) is 10.5 Å². The quantitative estimate of drug-likeness (QED) is 0.854. The van der Waals surface area contributed by atoms with Gasteiger partial charge in [-0.3, -0.25) is 4.79 Å². The second-order valence-corrected chi connectivity index (χ2v) is 5.99. The van der Waals surface area contributed by atoms with Crippen LogP contribution in [0.5, 0.6) is 0 Å². The third-order valence-corrected chi connectivity index (χ3v) is 4.70. The minimum absolute atomic E-state index is 0.156. The summed E-state index contributed by atoms with van der Waals surface area (Å²) in [5, 5.41) is 6.14. The molecule has 1 amide bonds. The Balaban J connectivity index is 2.14. The molecule has 1 atom stereocenters. The first-order chi connectivity index (χ1) is 9.07. The summed E-state index contributed by atoms with van der Waals surface area (Å²) in [6, 6.07) is -0.622. The number of thiazole rings is 1. The van der Waals surface area contributed by atoms with Crippen LogP contribution in [-0.4, -0.2) is 30.6 Å². The number of nitrogens with zero attached hydrogens (tertiary/aromatic N) is 1. The van der Waals surface area contributed by atoms with E-state index in [1.807, 2.05) is 12.3 Å². The van der Waals surface area contributed by atoms with Gasteiger partial charge in [0.2, 0.25) is 5.91 Å². The van der Waals surface area contributed by atoms with Crippen LogP contribution in [-0.2, 0) is 15.1 Å². The number of hydrogen-bond donors (Lipinski definition) is 2. The molecule has 2 rings (SSSR count). The van der Waals surface area contributed by atoms with Crippen LogP contribution in [0.4, 0.5) is 0 Å². The van der Waals surface area contributed by atoms with Gasteiger partial charge in [-0.15, -0.1) is 11.3 Å². The number of nitrogens with two attached hydrogens (primary N) is 1. The van der Waals surface area contributed by atoms with E-state index in [9.17, 15) is 4.79 Å². The van der Waals surface area contributed by atoms with Gasteiger partial charge in [0.25, 0.3) is 0 Å². The first kappa shape index (κ1) is 14.4. The predicted octanol–water partition coefficient (Wildman–Crippen LogP) is 1.31. The molecule has 1 heterocycles. The summed E-state index contributed by atoms with van der Waals surface area (Å²) in [5.74, 6) is -0.156. The van der Waals surface area contributed by atoms with Crippen LogP contribution in [0.3, 0.4) is 0 Å². The van der Waals surface area contributed by atoms with Crippen molar-refractivity contribution in [3.63, 3.8) is 0 Å². The summed E-state index contributed by atoms with van der Waals surface area (Å²) in [6.07, 6.45) is 4.09. The number of aromatic nitrogens is 1. The number of methoxy groups -OCH3 is 1. The number of amides is 1. The summed E-state index contributed by atoms with van der Waals surface area (Å²) in [7, 11) is 1.54. The fraction of sp³-hybridized carbons (Fsp3) is 0.692. The van der Waals surface area contributed by atoms with E-state index in [0.717, 1.165) is 36.4 Å². The highest BCUT2D eigenvalue weighted by Crippen LogP contribution is 2.40. The molecule has 1 aromatic heterocycles. The van der Waals surface area contributed by atoms with Crippen LogP contribution in [0, 0.1) is 6.92 Å². The van der Waals surface area contributed by atoms with Crippen molar-refractivity contribution in [1.29, 1.82) is 0 Å². The molecular formula is C13H21N3O2S. The molecule has 3 N–H and O–H groups in total. The number of aryl methyl sites for hydroxylation is 1. The molecule has 0 aromatic carbocycles. The Morgan fingerprint density at radius 3 is 2.84 bits per heavy atom. The lowest BCUT2D eigenvalue weighted by molar-refractivity contribution is -0.125. The normalized spacial score (nSPS) is 19.3. The van der Waals surface area contributed by atoms with Crippen molar-refractivity contribution in [2.24, 2.45) is 5.73 Å². The zero-order chi connectivity index (χ0) is 13.9. The molecule has 1 aliphatic rings. The maximum atomic E-state index is 12.1. The number of carbonyl (C=O) groups is 1. The van der Waals surface area contributed by atoms with Gasteiger partial charge in [0.15, 0.2) is 0 Å². The lowest BCUT2D eigenvalue weighted by Crippen LogP contribution is -2.52. The number of ether oxygens (including phenoxy) is 1. The highest BCUT2D eigenvalue weighted by Gasteiger charge is 2.40. The highest BCUT2D eigenvalue weighted by atomic mass is 32.1. The number of hydrogen-bond acceptors (Lipinski definition) is 5. The molecule has 1 aromatic rings. The minimum Gasteiger partial charge on any atom is -0.383 e. The van der Waals surface area contributed by atoms with E-state index in [-0.39, 0.29) is 18.1 Å². The van der Waals surface area contributed by atoms with E-state index in [1.54, 1.807) is 18.4 Å². The van der Waals surface area contributed by atoms with Crippen LogP contribution in [0.15, 0.2) is 5.38 Å². The van der Waals surface area contributed by atoms with Crippen molar-refractivity contribution >= 4 is 17.2 Å². The molecule has 19 heavy (non-hydrogen) atoms. The first-order valence-electron chi connectivity index (χ1n) is 6.56. The molecule has 1 aliphatic carbocycles. The van der Waals surface area contributed by atoms with Crippen LogP contribution < -0.4 is 11.1 Å². The number of carbonyl (C=O) groups excluding carboxylic acids is 1. The summed E-state index contributed by atoms with van der Waals surface area (Å²) in [5.41, 5.74) is 6.48. The second kappa shape index (κ2) is 5.98. The van der Waals surface area contributed by atoms with Crippen molar-refractivity contribution in [2.75, 3.05) is 13.7 Å². The van der Waals surface area contributed by atoms with Crippen molar-refractivity contribution < 1.29 is 9.53 Å². The SMILES string of the molecule is COCC(N)C(=O)NC1(c2nc(C)cs2)CCCC1. The zero-order valence-electron chi connectivity index (χ0n) is 11.4. The maximum Gasteiger partial charge on any atom is 0.240 e.